The van der Waals surface area contributed by atoms with E-state index in [1.807, 2.05) is 4.57 Å². The molecule has 10 heteroatoms. The third kappa shape index (κ3) is 5.12. The molecule has 0 amide bonds. The summed E-state index contributed by atoms with van der Waals surface area (Å²) in [6.07, 6.45) is 3.81. The number of aromatic nitrogens is 2. The number of hydrogen-bond donors (Lipinski definition) is 0. The molecule has 2 aliphatic rings. The summed E-state index contributed by atoms with van der Waals surface area (Å²) in [5.74, 6) is -0.786. The van der Waals surface area contributed by atoms with Crippen molar-refractivity contribution < 1.29 is 21.9 Å². The van der Waals surface area contributed by atoms with E-state index in [0.29, 0.717) is 42.8 Å². The van der Waals surface area contributed by atoms with Crippen LogP contribution < -0.4 is 0 Å². The van der Waals surface area contributed by atoms with Crippen LogP contribution in [0.3, 0.4) is 0 Å². The maximum Gasteiger partial charge on any atom is 0.243 e. The van der Waals surface area contributed by atoms with E-state index >= 15 is 0 Å². The smallest absolute Gasteiger partial charge is 0.243 e. The molecule has 3 aromatic rings. The van der Waals surface area contributed by atoms with Crippen molar-refractivity contribution in [3.8, 4) is 0 Å². The number of sulfonamides is 1. The average molecular weight is 522 g/mol. The third-order valence-electron chi connectivity index (χ3n) is 6.76. The van der Waals surface area contributed by atoms with Gasteiger partial charge < -0.3 is 9.30 Å². The molecule has 2 fully saturated rings. The van der Waals surface area contributed by atoms with E-state index in [2.05, 4.69) is 6.92 Å². The predicted octanol–water partition coefficient (Wildman–Crippen LogP) is 5.21. The van der Waals surface area contributed by atoms with Crippen LogP contribution in [0, 0.1) is 17.6 Å². The summed E-state index contributed by atoms with van der Waals surface area (Å²) in [5.41, 5.74) is 1.32. The maximum atomic E-state index is 14.2. The van der Waals surface area contributed by atoms with Gasteiger partial charge in [0.05, 0.1) is 28.6 Å². The maximum absolute atomic E-state index is 14.2. The lowest BCUT2D eigenvalue weighted by Crippen LogP contribution is -2.39. The van der Waals surface area contributed by atoms with Crippen LogP contribution in [0.1, 0.15) is 38.2 Å². The minimum Gasteiger partial charge on any atom is -0.376 e. The molecular formula is C25H29F2N3O3S2. The number of nitrogens with zero attached hydrogens (tertiary/aromatic N) is 3. The normalized spacial score (nSPS) is 21.7. The Balaban J connectivity index is 1.49. The van der Waals surface area contributed by atoms with Crippen LogP contribution in [0.15, 0.2) is 46.5 Å². The van der Waals surface area contributed by atoms with Crippen LogP contribution >= 0.6 is 11.8 Å². The largest absolute Gasteiger partial charge is 0.376 e. The zero-order valence-electron chi connectivity index (χ0n) is 19.6. The molecule has 6 nitrogen and oxygen atoms in total. The summed E-state index contributed by atoms with van der Waals surface area (Å²) >= 11 is 1.24. The first-order chi connectivity index (χ1) is 16.8. The lowest BCUT2D eigenvalue weighted by molar-refractivity contribution is 0.0960. The number of fused-ring (bicyclic) bond motifs is 1. The minimum absolute atomic E-state index is 0.00397. The molecule has 1 aromatic heterocycles. The van der Waals surface area contributed by atoms with Crippen molar-refractivity contribution in [2.45, 2.75) is 61.1 Å². The number of imidazole rings is 1. The predicted molar refractivity (Wildman–Crippen MR) is 132 cm³/mol. The molecule has 5 rings (SSSR count). The highest BCUT2D eigenvalue weighted by Gasteiger charge is 2.29. The van der Waals surface area contributed by atoms with Crippen molar-refractivity contribution >= 4 is 32.8 Å². The number of piperidine rings is 1. The van der Waals surface area contributed by atoms with E-state index < -0.39 is 21.7 Å². The number of ether oxygens (including phenoxy) is 1. The summed E-state index contributed by atoms with van der Waals surface area (Å²) in [6, 6.07) is 8.86. The quantitative estimate of drug-likeness (QED) is 0.400. The van der Waals surface area contributed by atoms with Gasteiger partial charge in [-0.05, 0) is 61.9 Å². The van der Waals surface area contributed by atoms with Gasteiger partial charge in [-0.1, -0.05) is 24.8 Å². The van der Waals surface area contributed by atoms with Gasteiger partial charge in [0.25, 0.3) is 0 Å². The number of rotatable bonds is 7. The van der Waals surface area contributed by atoms with Crippen molar-refractivity contribution in [3.63, 3.8) is 0 Å². The molecule has 0 bridgehead atoms. The summed E-state index contributed by atoms with van der Waals surface area (Å²) in [6.45, 7) is 4.36. The molecule has 2 atom stereocenters. The van der Waals surface area contributed by atoms with Gasteiger partial charge in [-0.15, -0.1) is 0 Å². The molecule has 0 spiro atoms. The second-order valence-electron chi connectivity index (χ2n) is 9.39. The minimum atomic E-state index is -3.63. The summed E-state index contributed by atoms with van der Waals surface area (Å²) in [4.78, 5) is 4.93. The zero-order valence-corrected chi connectivity index (χ0v) is 21.3. The third-order valence-corrected chi connectivity index (χ3v) is 9.62. The molecule has 2 saturated heterocycles. The molecule has 0 saturated carbocycles. The molecule has 188 valence electrons. The topological polar surface area (TPSA) is 64.4 Å². The fourth-order valence-electron chi connectivity index (χ4n) is 4.85. The fourth-order valence-corrected chi connectivity index (χ4v) is 7.51. The van der Waals surface area contributed by atoms with Gasteiger partial charge >= 0.3 is 0 Å². The molecular weight excluding hydrogens is 492 g/mol. The molecule has 2 aliphatic heterocycles. The van der Waals surface area contributed by atoms with Crippen molar-refractivity contribution in [3.05, 3.63) is 53.6 Å². The Morgan fingerprint density at radius 3 is 2.66 bits per heavy atom. The number of benzene rings is 2. The van der Waals surface area contributed by atoms with E-state index in [1.54, 1.807) is 22.5 Å². The first-order valence-corrected chi connectivity index (χ1v) is 14.4. The fraction of sp³-hybridized carbons (Fsp3) is 0.480. The molecule has 2 aromatic carbocycles. The van der Waals surface area contributed by atoms with E-state index in [-0.39, 0.29) is 22.3 Å². The highest BCUT2D eigenvalue weighted by atomic mass is 32.2. The van der Waals surface area contributed by atoms with Gasteiger partial charge in [-0.3, -0.25) is 0 Å². The van der Waals surface area contributed by atoms with Crippen molar-refractivity contribution in [1.82, 2.24) is 13.9 Å². The Bertz CT molecular complexity index is 1300. The van der Waals surface area contributed by atoms with Gasteiger partial charge in [0.15, 0.2) is 5.16 Å². The SMILES string of the molecule is C[C@H]1CCCN(S(=O)(=O)c2ccc3c(c2)nc(SCc2c(F)cccc2F)n3C[C@@H]2CCCO2)C1. The molecule has 3 heterocycles. The molecule has 0 unspecified atom stereocenters. The van der Waals surface area contributed by atoms with Gasteiger partial charge in [-0.2, -0.15) is 4.31 Å². The lowest BCUT2D eigenvalue weighted by atomic mass is 10.0. The van der Waals surface area contributed by atoms with Gasteiger partial charge in [-0.25, -0.2) is 22.2 Å². The van der Waals surface area contributed by atoms with Crippen molar-refractivity contribution in [2.75, 3.05) is 19.7 Å². The second kappa shape index (κ2) is 10.2. The van der Waals surface area contributed by atoms with Gasteiger partial charge in [0.1, 0.15) is 11.6 Å². The highest BCUT2D eigenvalue weighted by molar-refractivity contribution is 7.98. The summed E-state index contributed by atoms with van der Waals surface area (Å²) < 4.78 is 64.4. The zero-order chi connectivity index (χ0) is 24.6. The first-order valence-electron chi connectivity index (χ1n) is 12.0. The standard InChI is InChI=1S/C25H29F2N3O3S2/c1-17-5-3-11-29(14-17)35(31,32)19-9-10-24-23(13-19)28-25(30(24)15-18-6-4-12-33-18)34-16-20-21(26)7-2-8-22(20)27/h2,7-10,13,17-18H,3-6,11-12,14-16H2,1H3/t17-,18-/m0/s1. The van der Waals surface area contributed by atoms with Gasteiger partial charge in [0, 0.05) is 31.0 Å². The van der Waals surface area contributed by atoms with Crippen molar-refractivity contribution in [1.29, 1.82) is 0 Å². The summed E-state index contributed by atoms with van der Waals surface area (Å²) in [5, 5.41) is 0.583. The van der Waals surface area contributed by atoms with Crippen molar-refractivity contribution in [2.24, 2.45) is 5.92 Å². The second-order valence-corrected chi connectivity index (χ2v) is 12.3. The average Bonchev–Trinajstić information content (AvgIpc) is 3.47. The number of halogens is 2. The van der Waals surface area contributed by atoms with Crippen LogP contribution in [0.2, 0.25) is 0 Å². The Morgan fingerprint density at radius 1 is 1.14 bits per heavy atom. The van der Waals surface area contributed by atoms with Crippen LogP contribution in [0.5, 0.6) is 0 Å². The van der Waals surface area contributed by atoms with Crippen LogP contribution in [-0.2, 0) is 27.1 Å². The summed E-state index contributed by atoms with van der Waals surface area (Å²) in [7, 11) is -3.63. The number of hydrogen-bond acceptors (Lipinski definition) is 5. The Labute approximate surface area is 208 Å². The Hall–Kier alpha value is -2.01. The molecule has 0 aliphatic carbocycles. The highest BCUT2D eigenvalue weighted by Crippen LogP contribution is 2.32. The van der Waals surface area contributed by atoms with E-state index in [0.717, 1.165) is 31.2 Å². The monoisotopic (exact) mass is 521 g/mol. The Kier molecular flexibility index (Phi) is 7.16. The Morgan fingerprint density at radius 2 is 1.94 bits per heavy atom. The number of thioether (sulfide) groups is 1. The van der Waals surface area contributed by atoms with E-state index in [1.165, 1.54) is 30.0 Å². The molecule has 0 N–H and O–H groups in total. The molecule has 0 radical (unpaired) electrons. The lowest BCUT2D eigenvalue weighted by Gasteiger charge is -2.30. The van der Waals surface area contributed by atoms with E-state index in [9.17, 15) is 17.2 Å². The first kappa shape index (κ1) is 24.7. The molecule has 35 heavy (non-hydrogen) atoms. The van der Waals surface area contributed by atoms with Crippen LogP contribution in [0.4, 0.5) is 8.78 Å². The van der Waals surface area contributed by atoms with Gasteiger partial charge in [0.2, 0.25) is 10.0 Å². The van der Waals surface area contributed by atoms with E-state index in [4.69, 9.17) is 9.72 Å². The van der Waals surface area contributed by atoms with Crippen LogP contribution in [-0.4, -0.2) is 48.1 Å². The van der Waals surface area contributed by atoms with Crippen LogP contribution in [0.25, 0.3) is 11.0 Å².